The van der Waals surface area contributed by atoms with Crippen LogP contribution in [0, 0.1) is 19.8 Å². The van der Waals surface area contributed by atoms with Gasteiger partial charge in [-0.15, -0.1) is 0 Å². The third kappa shape index (κ3) is 4.73. The molecule has 4 nitrogen and oxygen atoms in total. The molecule has 0 aromatic heterocycles. The van der Waals surface area contributed by atoms with E-state index in [4.69, 9.17) is 0 Å². The largest absolute Gasteiger partial charge is 0.338 e. The number of anilines is 1. The SMILES string of the molecule is Cc1cc(C)cc(NC(=O)NCC2CCN(C3CCCC3)CC2)c1. The summed E-state index contributed by atoms with van der Waals surface area (Å²) in [5.41, 5.74) is 3.22. The first-order chi connectivity index (χ1) is 11.6. The van der Waals surface area contributed by atoms with Gasteiger partial charge in [0.05, 0.1) is 0 Å². The van der Waals surface area contributed by atoms with Crippen LogP contribution in [-0.4, -0.2) is 36.6 Å². The minimum atomic E-state index is -0.0850. The number of likely N-dealkylation sites (tertiary alicyclic amines) is 1. The van der Waals surface area contributed by atoms with Crippen molar-refractivity contribution in [2.75, 3.05) is 25.0 Å². The molecule has 2 amide bonds. The number of hydrogen-bond donors (Lipinski definition) is 2. The van der Waals surface area contributed by atoms with E-state index in [-0.39, 0.29) is 6.03 Å². The van der Waals surface area contributed by atoms with Crippen LogP contribution < -0.4 is 10.6 Å². The summed E-state index contributed by atoms with van der Waals surface area (Å²) in [6, 6.07) is 6.88. The fourth-order valence-electron chi connectivity index (χ4n) is 4.25. The van der Waals surface area contributed by atoms with Crippen LogP contribution in [0.4, 0.5) is 10.5 Å². The van der Waals surface area contributed by atoms with Crippen LogP contribution in [0.2, 0.25) is 0 Å². The fraction of sp³-hybridized carbons (Fsp3) is 0.650. The van der Waals surface area contributed by atoms with E-state index in [1.54, 1.807) is 0 Å². The molecule has 1 aromatic rings. The number of hydrogen-bond acceptors (Lipinski definition) is 2. The third-order valence-corrected chi connectivity index (χ3v) is 5.52. The fourth-order valence-corrected chi connectivity index (χ4v) is 4.25. The predicted octanol–water partition coefficient (Wildman–Crippen LogP) is 4.08. The summed E-state index contributed by atoms with van der Waals surface area (Å²) in [5.74, 6) is 0.618. The molecule has 0 spiro atoms. The van der Waals surface area contributed by atoms with Gasteiger partial charge in [0.15, 0.2) is 0 Å². The molecular formula is C20H31N3O. The molecule has 3 rings (SSSR count). The average Bonchev–Trinajstić information content (AvgIpc) is 3.07. The molecule has 2 N–H and O–H groups in total. The summed E-state index contributed by atoms with van der Waals surface area (Å²) >= 11 is 0. The van der Waals surface area contributed by atoms with Crippen molar-refractivity contribution in [3.8, 4) is 0 Å². The second-order valence-electron chi connectivity index (χ2n) is 7.63. The highest BCUT2D eigenvalue weighted by atomic mass is 16.2. The molecule has 2 aliphatic rings. The number of amides is 2. The zero-order valence-corrected chi connectivity index (χ0v) is 15.1. The van der Waals surface area contributed by atoms with Gasteiger partial charge >= 0.3 is 6.03 Å². The number of aryl methyl sites for hydroxylation is 2. The number of benzene rings is 1. The Labute approximate surface area is 146 Å². The first-order valence-corrected chi connectivity index (χ1v) is 9.47. The van der Waals surface area contributed by atoms with E-state index in [0.717, 1.165) is 18.3 Å². The standard InChI is InChI=1S/C20H31N3O/c1-15-11-16(2)13-18(12-15)22-20(24)21-14-17-7-9-23(10-8-17)19-5-3-4-6-19/h11-13,17,19H,3-10,14H2,1-2H3,(H2,21,22,24). The van der Waals surface area contributed by atoms with Crippen molar-refractivity contribution in [3.05, 3.63) is 29.3 Å². The van der Waals surface area contributed by atoms with Crippen molar-refractivity contribution >= 4 is 11.7 Å². The topological polar surface area (TPSA) is 44.4 Å². The number of carbonyl (C=O) groups excluding carboxylic acids is 1. The van der Waals surface area contributed by atoms with E-state index < -0.39 is 0 Å². The summed E-state index contributed by atoms with van der Waals surface area (Å²) < 4.78 is 0. The lowest BCUT2D eigenvalue weighted by molar-refractivity contribution is 0.134. The third-order valence-electron chi connectivity index (χ3n) is 5.52. The van der Waals surface area contributed by atoms with E-state index in [9.17, 15) is 4.79 Å². The minimum absolute atomic E-state index is 0.0850. The van der Waals surface area contributed by atoms with Crippen LogP contribution >= 0.6 is 0 Å². The number of piperidine rings is 1. The van der Waals surface area contributed by atoms with Crippen molar-refractivity contribution in [2.24, 2.45) is 5.92 Å². The predicted molar refractivity (Wildman–Crippen MR) is 99.5 cm³/mol. The van der Waals surface area contributed by atoms with Gasteiger partial charge in [0, 0.05) is 18.3 Å². The van der Waals surface area contributed by atoms with Crippen LogP contribution in [0.25, 0.3) is 0 Å². The van der Waals surface area contributed by atoms with Gasteiger partial charge in [-0.2, -0.15) is 0 Å². The molecule has 0 radical (unpaired) electrons. The van der Waals surface area contributed by atoms with Crippen LogP contribution in [-0.2, 0) is 0 Å². The molecular weight excluding hydrogens is 298 g/mol. The zero-order chi connectivity index (χ0) is 16.9. The molecule has 0 bridgehead atoms. The molecule has 0 atom stereocenters. The van der Waals surface area contributed by atoms with Crippen molar-refractivity contribution in [1.82, 2.24) is 10.2 Å². The summed E-state index contributed by atoms with van der Waals surface area (Å²) in [4.78, 5) is 14.8. The van der Waals surface area contributed by atoms with Gasteiger partial charge in [-0.1, -0.05) is 18.9 Å². The number of urea groups is 1. The molecule has 1 aromatic carbocycles. The zero-order valence-electron chi connectivity index (χ0n) is 15.1. The summed E-state index contributed by atoms with van der Waals surface area (Å²) in [6.07, 6.45) is 8.01. The quantitative estimate of drug-likeness (QED) is 0.874. The Morgan fingerprint density at radius 2 is 1.67 bits per heavy atom. The minimum Gasteiger partial charge on any atom is -0.338 e. The van der Waals surface area contributed by atoms with E-state index in [2.05, 4.69) is 21.6 Å². The number of nitrogens with one attached hydrogen (secondary N) is 2. The molecule has 1 heterocycles. The van der Waals surface area contributed by atoms with E-state index >= 15 is 0 Å². The van der Waals surface area contributed by atoms with Gasteiger partial charge in [0.25, 0.3) is 0 Å². The molecule has 0 unspecified atom stereocenters. The maximum atomic E-state index is 12.1. The average molecular weight is 329 g/mol. The Bertz CT molecular complexity index is 538. The molecule has 1 saturated carbocycles. The molecule has 1 saturated heterocycles. The highest BCUT2D eigenvalue weighted by molar-refractivity contribution is 5.89. The highest BCUT2D eigenvalue weighted by Crippen LogP contribution is 2.27. The lowest BCUT2D eigenvalue weighted by atomic mass is 9.95. The second-order valence-corrected chi connectivity index (χ2v) is 7.63. The summed E-state index contributed by atoms with van der Waals surface area (Å²) in [5, 5.41) is 6.01. The van der Waals surface area contributed by atoms with Gasteiger partial charge in [0.2, 0.25) is 0 Å². The number of carbonyl (C=O) groups is 1. The van der Waals surface area contributed by atoms with Gasteiger partial charge in [-0.25, -0.2) is 4.79 Å². The Balaban J connectivity index is 1.39. The highest BCUT2D eigenvalue weighted by Gasteiger charge is 2.27. The van der Waals surface area contributed by atoms with Crippen LogP contribution in [0.5, 0.6) is 0 Å². The second kappa shape index (κ2) is 8.02. The Kier molecular flexibility index (Phi) is 5.77. The molecule has 4 heteroatoms. The summed E-state index contributed by atoms with van der Waals surface area (Å²) in [6.45, 7) is 7.29. The normalized spacial score (nSPS) is 20.2. The maximum absolute atomic E-state index is 12.1. The molecule has 1 aliphatic carbocycles. The van der Waals surface area contributed by atoms with Crippen LogP contribution in [0.1, 0.15) is 49.7 Å². The van der Waals surface area contributed by atoms with Crippen molar-refractivity contribution in [1.29, 1.82) is 0 Å². The van der Waals surface area contributed by atoms with Crippen LogP contribution in [0.3, 0.4) is 0 Å². The monoisotopic (exact) mass is 329 g/mol. The van der Waals surface area contributed by atoms with Gasteiger partial charge < -0.3 is 15.5 Å². The lowest BCUT2D eigenvalue weighted by Gasteiger charge is -2.36. The number of nitrogens with zero attached hydrogens (tertiary/aromatic N) is 1. The van der Waals surface area contributed by atoms with Crippen LogP contribution in [0.15, 0.2) is 18.2 Å². The molecule has 1 aliphatic heterocycles. The van der Waals surface area contributed by atoms with E-state index in [1.807, 2.05) is 26.0 Å². The Hall–Kier alpha value is -1.55. The molecule has 24 heavy (non-hydrogen) atoms. The van der Waals surface area contributed by atoms with Crippen molar-refractivity contribution in [3.63, 3.8) is 0 Å². The van der Waals surface area contributed by atoms with E-state index in [1.165, 1.54) is 62.7 Å². The van der Waals surface area contributed by atoms with Gasteiger partial charge in [-0.05, 0) is 81.8 Å². The summed E-state index contributed by atoms with van der Waals surface area (Å²) in [7, 11) is 0. The maximum Gasteiger partial charge on any atom is 0.319 e. The van der Waals surface area contributed by atoms with Gasteiger partial charge in [0.1, 0.15) is 0 Å². The Morgan fingerprint density at radius 3 is 2.29 bits per heavy atom. The van der Waals surface area contributed by atoms with Gasteiger partial charge in [-0.3, -0.25) is 0 Å². The van der Waals surface area contributed by atoms with Crippen molar-refractivity contribution in [2.45, 2.75) is 58.4 Å². The molecule has 2 fully saturated rings. The van der Waals surface area contributed by atoms with Crippen molar-refractivity contribution < 1.29 is 4.79 Å². The molecule has 132 valence electrons. The number of rotatable bonds is 4. The van der Waals surface area contributed by atoms with E-state index in [0.29, 0.717) is 5.92 Å². The first kappa shape index (κ1) is 17.3. The Morgan fingerprint density at radius 1 is 1.04 bits per heavy atom. The first-order valence-electron chi connectivity index (χ1n) is 9.47. The smallest absolute Gasteiger partial charge is 0.319 e. The lowest BCUT2D eigenvalue weighted by Crippen LogP contribution is -2.43.